The molecule has 0 amide bonds. The fraction of sp³-hybridized carbons (Fsp3) is 0.182. The first-order chi connectivity index (χ1) is 7.18. The summed E-state index contributed by atoms with van der Waals surface area (Å²) in [5.74, 6) is -1.06. The van der Waals surface area contributed by atoms with Gasteiger partial charge < -0.3 is 4.98 Å². The lowest BCUT2D eigenvalue weighted by Gasteiger charge is -1.96. The molecule has 76 valence electrons. The maximum atomic E-state index is 13.5. The number of aromatic amines is 1. The van der Waals surface area contributed by atoms with E-state index in [0.717, 1.165) is 12.1 Å². The minimum Gasteiger partial charge on any atom is -0.349 e. The highest BCUT2D eigenvalue weighted by Crippen LogP contribution is 2.32. The molecule has 2 nitrogen and oxygen atoms in total. The second kappa shape index (κ2) is 2.66. The number of ketones is 1. The van der Waals surface area contributed by atoms with Gasteiger partial charge in [-0.25, -0.2) is 8.78 Å². The fourth-order valence-corrected chi connectivity index (χ4v) is 2.15. The van der Waals surface area contributed by atoms with Gasteiger partial charge in [0.1, 0.15) is 11.6 Å². The zero-order valence-electron chi connectivity index (χ0n) is 7.73. The molecule has 0 atom stereocenters. The summed E-state index contributed by atoms with van der Waals surface area (Å²) in [7, 11) is 0. The van der Waals surface area contributed by atoms with Crippen molar-refractivity contribution in [3.63, 3.8) is 0 Å². The van der Waals surface area contributed by atoms with Crippen LogP contribution in [0.5, 0.6) is 0 Å². The molecule has 1 aromatic heterocycles. The normalized spacial score (nSPS) is 14.9. The van der Waals surface area contributed by atoms with Crippen molar-refractivity contribution in [3.8, 4) is 0 Å². The molecule has 0 bridgehead atoms. The molecule has 1 aliphatic carbocycles. The molecule has 0 spiro atoms. The lowest BCUT2D eigenvalue weighted by molar-refractivity contribution is 0.0990. The fourth-order valence-electron chi connectivity index (χ4n) is 2.15. The first kappa shape index (κ1) is 8.59. The van der Waals surface area contributed by atoms with Crippen molar-refractivity contribution in [2.24, 2.45) is 0 Å². The van der Waals surface area contributed by atoms with Crippen LogP contribution in [0, 0.1) is 11.6 Å². The van der Waals surface area contributed by atoms with Crippen LogP contribution in [0.15, 0.2) is 12.1 Å². The maximum absolute atomic E-state index is 13.5. The molecular formula is C11H7F2NO. The average Bonchev–Trinajstić information content (AvgIpc) is 2.74. The van der Waals surface area contributed by atoms with E-state index in [1.807, 2.05) is 0 Å². The van der Waals surface area contributed by atoms with Gasteiger partial charge in [-0.2, -0.15) is 0 Å². The predicted octanol–water partition coefficient (Wildman–Crippen LogP) is 2.58. The number of halogens is 2. The first-order valence-electron chi connectivity index (χ1n) is 4.70. The van der Waals surface area contributed by atoms with Crippen molar-refractivity contribution in [1.82, 2.24) is 4.98 Å². The van der Waals surface area contributed by atoms with Gasteiger partial charge in [-0.1, -0.05) is 0 Å². The van der Waals surface area contributed by atoms with Gasteiger partial charge in [0.15, 0.2) is 5.78 Å². The third kappa shape index (κ3) is 0.988. The van der Waals surface area contributed by atoms with Crippen LogP contribution in [0.25, 0.3) is 10.9 Å². The molecule has 1 aliphatic rings. The van der Waals surface area contributed by atoms with Gasteiger partial charge in [0, 0.05) is 11.8 Å². The van der Waals surface area contributed by atoms with E-state index in [0.29, 0.717) is 24.1 Å². The monoisotopic (exact) mass is 207 g/mol. The van der Waals surface area contributed by atoms with Crippen LogP contribution in [-0.2, 0) is 6.42 Å². The van der Waals surface area contributed by atoms with Gasteiger partial charge in [0.25, 0.3) is 0 Å². The van der Waals surface area contributed by atoms with Crippen molar-refractivity contribution in [2.45, 2.75) is 12.8 Å². The second-order valence-electron chi connectivity index (χ2n) is 3.68. The summed E-state index contributed by atoms with van der Waals surface area (Å²) in [6, 6.07) is 2.16. The van der Waals surface area contributed by atoms with E-state index in [1.165, 1.54) is 0 Å². The van der Waals surface area contributed by atoms with Gasteiger partial charge in [-0.3, -0.25) is 4.79 Å². The molecule has 4 heteroatoms. The van der Waals surface area contributed by atoms with Crippen molar-refractivity contribution in [3.05, 3.63) is 35.0 Å². The van der Waals surface area contributed by atoms with E-state index in [1.54, 1.807) is 0 Å². The number of fused-ring (bicyclic) bond motifs is 3. The molecule has 0 unspecified atom stereocenters. The van der Waals surface area contributed by atoms with E-state index < -0.39 is 11.6 Å². The number of carbonyl (C=O) groups is 1. The molecule has 1 heterocycles. The number of rotatable bonds is 0. The second-order valence-corrected chi connectivity index (χ2v) is 3.68. The van der Waals surface area contributed by atoms with Gasteiger partial charge in [0.05, 0.1) is 11.2 Å². The highest BCUT2D eigenvalue weighted by molar-refractivity contribution is 6.05. The molecule has 3 rings (SSSR count). The van der Waals surface area contributed by atoms with Crippen molar-refractivity contribution >= 4 is 16.7 Å². The van der Waals surface area contributed by atoms with Gasteiger partial charge >= 0.3 is 0 Å². The SMILES string of the molecule is O=C1CCc2c1[nH]c1c(F)ccc(F)c21. The zero-order chi connectivity index (χ0) is 10.6. The van der Waals surface area contributed by atoms with E-state index in [2.05, 4.69) is 4.98 Å². The van der Waals surface area contributed by atoms with Crippen LogP contribution >= 0.6 is 0 Å². The Hall–Kier alpha value is -1.71. The largest absolute Gasteiger partial charge is 0.349 e. The Kier molecular flexibility index (Phi) is 1.52. The minimum atomic E-state index is -0.520. The number of hydrogen-bond acceptors (Lipinski definition) is 1. The van der Waals surface area contributed by atoms with Crippen LogP contribution in [0.1, 0.15) is 22.5 Å². The molecule has 15 heavy (non-hydrogen) atoms. The van der Waals surface area contributed by atoms with E-state index in [9.17, 15) is 13.6 Å². The number of aromatic nitrogens is 1. The van der Waals surface area contributed by atoms with E-state index in [-0.39, 0.29) is 16.7 Å². The van der Waals surface area contributed by atoms with Crippen LogP contribution in [0.4, 0.5) is 8.78 Å². The Morgan fingerprint density at radius 2 is 1.87 bits per heavy atom. The molecule has 2 aromatic rings. The molecule has 0 fully saturated rings. The van der Waals surface area contributed by atoms with Crippen LogP contribution in [-0.4, -0.2) is 10.8 Å². The summed E-state index contributed by atoms with van der Waals surface area (Å²) in [6.07, 6.45) is 0.877. The molecule has 1 N–H and O–H groups in total. The minimum absolute atomic E-state index is 0.0694. The summed E-state index contributed by atoms with van der Waals surface area (Å²) < 4.78 is 26.8. The van der Waals surface area contributed by atoms with Crippen LogP contribution < -0.4 is 0 Å². The van der Waals surface area contributed by atoms with Crippen molar-refractivity contribution < 1.29 is 13.6 Å². The van der Waals surface area contributed by atoms with Gasteiger partial charge in [-0.15, -0.1) is 0 Å². The number of hydrogen-bond donors (Lipinski definition) is 1. The third-order valence-electron chi connectivity index (χ3n) is 2.84. The highest BCUT2D eigenvalue weighted by Gasteiger charge is 2.26. The molecule has 0 saturated carbocycles. The number of benzene rings is 1. The van der Waals surface area contributed by atoms with Crippen LogP contribution in [0.3, 0.4) is 0 Å². The van der Waals surface area contributed by atoms with Crippen molar-refractivity contribution in [1.29, 1.82) is 0 Å². The molecule has 1 aromatic carbocycles. The van der Waals surface area contributed by atoms with E-state index >= 15 is 0 Å². The average molecular weight is 207 g/mol. The summed E-state index contributed by atoms with van der Waals surface area (Å²) in [6.45, 7) is 0. The van der Waals surface area contributed by atoms with Crippen molar-refractivity contribution in [2.75, 3.05) is 0 Å². The first-order valence-corrected chi connectivity index (χ1v) is 4.70. The number of H-pyrrole nitrogens is 1. The number of carbonyl (C=O) groups excluding carboxylic acids is 1. The Morgan fingerprint density at radius 3 is 2.67 bits per heavy atom. The smallest absolute Gasteiger partial charge is 0.179 e. The number of nitrogens with one attached hydrogen (secondary N) is 1. The Balaban J connectivity index is 2.49. The number of Topliss-reactive ketones (excluding diaryl/α,β-unsaturated/α-hetero) is 1. The molecule has 0 saturated heterocycles. The highest BCUT2D eigenvalue weighted by atomic mass is 19.1. The lowest BCUT2D eigenvalue weighted by atomic mass is 10.1. The van der Waals surface area contributed by atoms with Crippen LogP contribution in [0.2, 0.25) is 0 Å². The van der Waals surface area contributed by atoms with E-state index in [4.69, 9.17) is 0 Å². The quantitative estimate of drug-likeness (QED) is 0.707. The standard InChI is InChI=1S/C11H7F2NO/c12-6-2-3-7(13)11-9(6)5-1-4-8(15)10(5)14-11/h2-3,14H,1,4H2. The maximum Gasteiger partial charge on any atom is 0.179 e. The molecular weight excluding hydrogens is 200 g/mol. The number of aryl methyl sites for hydroxylation is 1. The summed E-state index contributed by atoms with van der Waals surface area (Å²) in [5.41, 5.74) is 1.09. The zero-order valence-corrected chi connectivity index (χ0v) is 7.73. The summed E-state index contributed by atoms with van der Waals surface area (Å²) >= 11 is 0. The Bertz CT molecular complexity index is 586. The Morgan fingerprint density at radius 1 is 1.13 bits per heavy atom. The summed E-state index contributed by atoms with van der Waals surface area (Å²) in [4.78, 5) is 14.1. The van der Waals surface area contributed by atoms with Gasteiger partial charge in [0.2, 0.25) is 0 Å². The predicted molar refractivity (Wildman–Crippen MR) is 50.9 cm³/mol. The summed E-state index contributed by atoms with van der Waals surface area (Å²) in [5, 5.41) is 0.232. The molecule has 0 aliphatic heterocycles. The Labute approximate surface area is 83.9 Å². The molecule has 0 radical (unpaired) electrons. The topological polar surface area (TPSA) is 32.9 Å². The third-order valence-corrected chi connectivity index (χ3v) is 2.84. The van der Waals surface area contributed by atoms with Gasteiger partial charge in [-0.05, 0) is 24.1 Å². The lowest BCUT2D eigenvalue weighted by Crippen LogP contribution is -1.91.